The quantitative estimate of drug-likeness (QED) is 0.868. The first-order valence-electron chi connectivity index (χ1n) is 7.76. The number of nitrogens with zero attached hydrogens (tertiary/aromatic N) is 1. The number of hydrogen-bond acceptors (Lipinski definition) is 3. The summed E-state index contributed by atoms with van der Waals surface area (Å²) in [5, 5.41) is 13.2. The highest BCUT2D eigenvalue weighted by Crippen LogP contribution is 2.27. The molecule has 0 amide bonds. The predicted molar refractivity (Wildman–Crippen MR) is 85.2 cm³/mol. The van der Waals surface area contributed by atoms with Gasteiger partial charge in [-0.15, -0.1) is 0 Å². The van der Waals surface area contributed by atoms with Crippen LogP contribution in [0.3, 0.4) is 0 Å². The van der Waals surface area contributed by atoms with E-state index in [4.69, 9.17) is 0 Å². The lowest BCUT2D eigenvalue weighted by Gasteiger charge is -2.33. The lowest BCUT2D eigenvalue weighted by Crippen LogP contribution is -2.41. The van der Waals surface area contributed by atoms with Crippen molar-refractivity contribution in [1.29, 1.82) is 0 Å². The minimum atomic E-state index is 0.309. The average Bonchev–Trinajstić information content (AvgIpc) is 2.48. The molecule has 1 fully saturated rings. The molecule has 1 saturated carbocycles. The molecule has 0 radical (unpaired) electrons. The number of hydrogen-bond donors (Lipinski definition) is 2. The standard InChI is InChI=1S/C17H28N2O/c1-13(14-8-10-16(11-9-14)19(2)3)18-17-7-5-4-6-15(17)12-20/h8-11,13,15,17-18,20H,4-7,12H2,1-3H3. The first kappa shape index (κ1) is 15.3. The zero-order valence-electron chi connectivity index (χ0n) is 13.0. The van der Waals surface area contributed by atoms with Crippen LogP contribution < -0.4 is 10.2 Å². The van der Waals surface area contributed by atoms with Crippen molar-refractivity contribution in [3.63, 3.8) is 0 Å². The molecule has 2 rings (SSSR count). The number of anilines is 1. The number of aliphatic hydroxyl groups excluding tert-OH is 1. The first-order chi connectivity index (χ1) is 9.61. The van der Waals surface area contributed by atoms with Gasteiger partial charge in [0.1, 0.15) is 0 Å². The summed E-state index contributed by atoms with van der Waals surface area (Å²) in [5.41, 5.74) is 2.55. The molecular formula is C17H28N2O. The second kappa shape index (κ2) is 7.09. The van der Waals surface area contributed by atoms with Crippen LogP contribution in [0.25, 0.3) is 0 Å². The minimum Gasteiger partial charge on any atom is -0.396 e. The largest absolute Gasteiger partial charge is 0.396 e. The average molecular weight is 276 g/mol. The van der Waals surface area contributed by atoms with Gasteiger partial charge in [0.2, 0.25) is 0 Å². The van der Waals surface area contributed by atoms with Gasteiger partial charge in [0, 0.05) is 38.5 Å². The van der Waals surface area contributed by atoms with E-state index in [0.717, 1.165) is 6.42 Å². The second-order valence-corrected chi connectivity index (χ2v) is 6.21. The van der Waals surface area contributed by atoms with Crippen LogP contribution in [0.15, 0.2) is 24.3 Å². The van der Waals surface area contributed by atoms with E-state index in [1.165, 1.54) is 30.5 Å². The molecule has 0 bridgehead atoms. The van der Waals surface area contributed by atoms with E-state index in [9.17, 15) is 5.11 Å². The fourth-order valence-electron chi connectivity index (χ4n) is 3.12. The Balaban J connectivity index is 1.98. The van der Waals surface area contributed by atoms with Crippen LogP contribution in [0.4, 0.5) is 5.69 Å². The van der Waals surface area contributed by atoms with E-state index in [1.807, 2.05) is 0 Å². The van der Waals surface area contributed by atoms with Gasteiger partial charge in [0.05, 0.1) is 0 Å². The van der Waals surface area contributed by atoms with E-state index >= 15 is 0 Å². The van der Waals surface area contributed by atoms with Gasteiger partial charge < -0.3 is 15.3 Å². The fraction of sp³-hybridized carbons (Fsp3) is 0.647. The number of rotatable bonds is 5. The van der Waals surface area contributed by atoms with Crippen LogP contribution >= 0.6 is 0 Å². The molecular weight excluding hydrogens is 248 g/mol. The highest BCUT2D eigenvalue weighted by atomic mass is 16.3. The molecule has 1 aliphatic carbocycles. The maximum absolute atomic E-state index is 9.50. The number of nitrogens with one attached hydrogen (secondary N) is 1. The Bertz CT molecular complexity index is 402. The predicted octanol–water partition coefficient (Wildman–Crippen LogP) is 2.95. The van der Waals surface area contributed by atoms with E-state index in [0.29, 0.717) is 24.6 Å². The van der Waals surface area contributed by atoms with Gasteiger partial charge in [-0.1, -0.05) is 25.0 Å². The Morgan fingerprint density at radius 1 is 1.20 bits per heavy atom. The molecule has 0 saturated heterocycles. The highest BCUT2D eigenvalue weighted by Gasteiger charge is 2.25. The van der Waals surface area contributed by atoms with Crippen LogP contribution in [-0.2, 0) is 0 Å². The van der Waals surface area contributed by atoms with Crippen molar-refractivity contribution in [2.75, 3.05) is 25.6 Å². The molecule has 0 heterocycles. The molecule has 3 heteroatoms. The maximum Gasteiger partial charge on any atom is 0.0474 e. The summed E-state index contributed by atoms with van der Waals surface area (Å²) in [4.78, 5) is 2.12. The Morgan fingerprint density at radius 2 is 1.85 bits per heavy atom. The molecule has 1 aromatic carbocycles. The first-order valence-corrected chi connectivity index (χ1v) is 7.76. The van der Waals surface area contributed by atoms with Crippen molar-refractivity contribution >= 4 is 5.69 Å². The molecule has 2 N–H and O–H groups in total. The summed E-state index contributed by atoms with van der Waals surface area (Å²) in [5.74, 6) is 0.423. The number of aliphatic hydroxyl groups is 1. The van der Waals surface area contributed by atoms with Crippen molar-refractivity contribution < 1.29 is 5.11 Å². The molecule has 0 spiro atoms. The summed E-state index contributed by atoms with van der Waals surface area (Å²) in [6, 6.07) is 9.52. The second-order valence-electron chi connectivity index (χ2n) is 6.21. The van der Waals surface area contributed by atoms with Crippen LogP contribution in [0.2, 0.25) is 0 Å². The van der Waals surface area contributed by atoms with Crippen molar-refractivity contribution in [2.45, 2.75) is 44.7 Å². The van der Waals surface area contributed by atoms with Gasteiger partial charge in [-0.05, 0) is 43.4 Å². The zero-order chi connectivity index (χ0) is 14.5. The lowest BCUT2D eigenvalue weighted by atomic mass is 9.84. The monoisotopic (exact) mass is 276 g/mol. The maximum atomic E-state index is 9.50. The van der Waals surface area contributed by atoms with Crippen molar-refractivity contribution in [1.82, 2.24) is 5.32 Å². The Labute approximate surface area is 123 Å². The summed E-state index contributed by atoms with van der Waals surface area (Å²) < 4.78 is 0. The fourth-order valence-corrected chi connectivity index (χ4v) is 3.12. The molecule has 3 unspecified atom stereocenters. The van der Waals surface area contributed by atoms with Gasteiger partial charge in [-0.2, -0.15) is 0 Å². The van der Waals surface area contributed by atoms with E-state index in [2.05, 4.69) is 55.5 Å². The van der Waals surface area contributed by atoms with E-state index in [1.54, 1.807) is 0 Å². The van der Waals surface area contributed by atoms with Gasteiger partial charge in [0.15, 0.2) is 0 Å². The van der Waals surface area contributed by atoms with Gasteiger partial charge in [0.25, 0.3) is 0 Å². The topological polar surface area (TPSA) is 35.5 Å². The summed E-state index contributed by atoms with van der Waals surface area (Å²) in [6.07, 6.45) is 4.88. The smallest absolute Gasteiger partial charge is 0.0474 e. The lowest BCUT2D eigenvalue weighted by molar-refractivity contribution is 0.147. The van der Waals surface area contributed by atoms with Gasteiger partial charge >= 0.3 is 0 Å². The molecule has 1 aliphatic rings. The highest BCUT2D eigenvalue weighted by molar-refractivity contribution is 5.46. The molecule has 3 atom stereocenters. The normalized spacial score (nSPS) is 24.4. The summed E-state index contributed by atoms with van der Waals surface area (Å²) in [7, 11) is 4.12. The van der Waals surface area contributed by atoms with Crippen molar-refractivity contribution in [3.8, 4) is 0 Å². The van der Waals surface area contributed by atoms with Crippen LogP contribution in [-0.4, -0.2) is 31.9 Å². The van der Waals surface area contributed by atoms with Gasteiger partial charge in [-0.3, -0.25) is 0 Å². The Hall–Kier alpha value is -1.06. The Kier molecular flexibility index (Phi) is 5.44. The number of benzene rings is 1. The molecule has 0 aliphatic heterocycles. The third-order valence-corrected chi connectivity index (χ3v) is 4.52. The van der Waals surface area contributed by atoms with Crippen LogP contribution in [0.5, 0.6) is 0 Å². The third kappa shape index (κ3) is 3.74. The molecule has 20 heavy (non-hydrogen) atoms. The van der Waals surface area contributed by atoms with Gasteiger partial charge in [-0.25, -0.2) is 0 Å². The Morgan fingerprint density at radius 3 is 2.45 bits per heavy atom. The van der Waals surface area contributed by atoms with Crippen molar-refractivity contribution in [2.24, 2.45) is 5.92 Å². The van der Waals surface area contributed by atoms with E-state index < -0.39 is 0 Å². The molecule has 112 valence electrons. The zero-order valence-corrected chi connectivity index (χ0v) is 13.0. The molecule has 3 nitrogen and oxygen atoms in total. The third-order valence-electron chi connectivity index (χ3n) is 4.52. The molecule has 1 aromatic rings. The van der Waals surface area contributed by atoms with Crippen molar-refractivity contribution in [3.05, 3.63) is 29.8 Å². The van der Waals surface area contributed by atoms with Crippen LogP contribution in [0.1, 0.15) is 44.2 Å². The van der Waals surface area contributed by atoms with E-state index in [-0.39, 0.29) is 0 Å². The SMILES string of the molecule is CC(NC1CCCCC1CO)c1ccc(N(C)C)cc1. The minimum absolute atomic E-state index is 0.309. The van der Waals surface area contributed by atoms with Crippen LogP contribution in [0, 0.1) is 5.92 Å². The summed E-state index contributed by atoms with van der Waals surface area (Å²) >= 11 is 0. The summed E-state index contributed by atoms with van der Waals surface area (Å²) in [6.45, 7) is 2.53. The molecule has 0 aromatic heterocycles.